The number of phenolic OH excluding ortho intramolecular Hbond substituents is 1. The standard InChI is InChI=1S/C32H31F2N7O8S/c1-38-29-21(41(32(38)47)22-6-7-24(43)36-31(22)46)5-4-20(28(29)34)39-10-8-16(9-11-39)12-25(44)35-18-2-3-19-17(13-18)14-23(42)30(27(19)33)40-15-26(45)37-50(40,48)49/h2-5,13-14,16,22,42H,6-12,15H2,1H3,(H,35,44)(H,37,45)(H,36,43,46). The molecule has 1 atom stereocenters. The second-order valence-corrected chi connectivity index (χ2v) is 14.3. The number of benzene rings is 3. The van der Waals surface area contributed by atoms with Gasteiger partial charge in [-0.2, -0.15) is 8.42 Å². The number of phenols is 1. The van der Waals surface area contributed by atoms with Crippen LogP contribution in [0.2, 0.25) is 0 Å². The third-order valence-corrected chi connectivity index (χ3v) is 10.9. The highest BCUT2D eigenvalue weighted by molar-refractivity contribution is 7.92. The largest absolute Gasteiger partial charge is 0.506 e. The van der Waals surface area contributed by atoms with Gasteiger partial charge < -0.3 is 15.3 Å². The SMILES string of the molecule is Cn1c(=O)n(C2CCC(=O)NC2=O)c2ccc(N3CCC(CC(=O)Nc4ccc5c(F)c(N6CC(=O)NS6(=O)=O)c(O)cc5c4)CC3)c(F)c21. The van der Waals surface area contributed by atoms with Gasteiger partial charge in [0.1, 0.15) is 29.5 Å². The number of aryl methyl sites for hydroxylation is 1. The van der Waals surface area contributed by atoms with E-state index in [1.807, 2.05) is 4.90 Å². The number of rotatable bonds is 6. The van der Waals surface area contributed by atoms with Gasteiger partial charge in [0.15, 0.2) is 11.6 Å². The molecule has 4 amide bonds. The minimum absolute atomic E-state index is 0.0285. The minimum atomic E-state index is -4.36. The van der Waals surface area contributed by atoms with Crippen LogP contribution in [0, 0.1) is 17.6 Å². The average molecular weight is 712 g/mol. The minimum Gasteiger partial charge on any atom is -0.506 e. The van der Waals surface area contributed by atoms with Crippen LogP contribution in [0.25, 0.3) is 21.8 Å². The van der Waals surface area contributed by atoms with Crippen LogP contribution in [0.5, 0.6) is 5.75 Å². The van der Waals surface area contributed by atoms with Crippen molar-refractivity contribution < 1.29 is 41.5 Å². The zero-order valence-corrected chi connectivity index (χ0v) is 27.4. The van der Waals surface area contributed by atoms with Crippen LogP contribution in [0.4, 0.5) is 25.8 Å². The summed E-state index contributed by atoms with van der Waals surface area (Å²) in [4.78, 5) is 63.6. The Hall–Kier alpha value is -5.52. The van der Waals surface area contributed by atoms with Gasteiger partial charge in [-0.15, -0.1) is 0 Å². The number of piperidine rings is 2. The number of hydrogen-bond acceptors (Lipinski definition) is 9. The molecule has 0 radical (unpaired) electrons. The number of carbonyl (C=O) groups is 4. The Bertz CT molecular complexity index is 2310. The van der Waals surface area contributed by atoms with Gasteiger partial charge in [0.05, 0.1) is 11.2 Å². The van der Waals surface area contributed by atoms with Crippen LogP contribution in [0.15, 0.2) is 41.2 Å². The average Bonchev–Trinajstić information content (AvgIpc) is 3.47. The van der Waals surface area contributed by atoms with Crippen molar-refractivity contribution in [2.24, 2.45) is 13.0 Å². The summed E-state index contributed by atoms with van der Waals surface area (Å²) in [5.74, 6) is -4.59. The van der Waals surface area contributed by atoms with Gasteiger partial charge in [0.25, 0.3) is 5.91 Å². The molecule has 18 heteroatoms. The number of hydrogen-bond donors (Lipinski definition) is 4. The van der Waals surface area contributed by atoms with E-state index in [1.54, 1.807) is 16.9 Å². The first-order valence-electron chi connectivity index (χ1n) is 15.8. The van der Waals surface area contributed by atoms with Crippen LogP contribution >= 0.6 is 0 Å². The Morgan fingerprint density at radius 2 is 1.74 bits per heavy atom. The van der Waals surface area contributed by atoms with Gasteiger partial charge in [-0.1, -0.05) is 0 Å². The third-order valence-electron chi connectivity index (χ3n) is 9.50. The number of fused-ring (bicyclic) bond motifs is 2. The van der Waals surface area contributed by atoms with Gasteiger partial charge in [0.2, 0.25) is 17.7 Å². The summed E-state index contributed by atoms with van der Waals surface area (Å²) in [6, 6.07) is 7.59. The van der Waals surface area contributed by atoms with E-state index in [2.05, 4.69) is 10.6 Å². The monoisotopic (exact) mass is 711 g/mol. The molecule has 3 aliphatic heterocycles. The van der Waals surface area contributed by atoms with Crippen molar-refractivity contribution in [1.29, 1.82) is 0 Å². The fraction of sp³-hybridized carbons (Fsp3) is 0.344. The van der Waals surface area contributed by atoms with Gasteiger partial charge >= 0.3 is 15.9 Å². The second kappa shape index (κ2) is 12.1. The van der Waals surface area contributed by atoms with Gasteiger partial charge in [-0.3, -0.25) is 33.6 Å². The lowest BCUT2D eigenvalue weighted by Crippen LogP contribution is -2.44. The zero-order valence-electron chi connectivity index (χ0n) is 26.5. The lowest BCUT2D eigenvalue weighted by Gasteiger charge is -2.33. The number of imide groups is 1. The first-order chi connectivity index (χ1) is 23.7. The number of halogens is 2. The Morgan fingerprint density at radius 3 is 2.42 bits per heavy atom. The van der Waals surface area contributed by atoms with E-state index in [9.17, 15) is 37.5 Å². The van der Waals surface area contributed by atoms with E-state index >= 15 is 8.78 Å². The van der Waals surface area contributed by atoms with Crippen molar-refractivity contribution in [2.75, 3.05) is 34.2 Å². The van der Waals surface area contributed by atoms with Crippen LogP contribution in [0.3, 0.4) is 0 Å². The summed E-state index contributed by atoms with van der Waals surface area (Å²) in [6.07, 6.45) is 1.49. The number of imidazole rings is 1. The lowest BCUT2D eigenvalue weighted by atomic mass is 9.92. The highest BCUT2D eigenvalue weighted by Crippen LogP contribution is 2.39. The molecular weight excluding hydrogens is 680 g/mol. The molecule has 3 aromatic carbocycles. The summed E-state index contributed by atoms with van der Waals surface area (Å²) in [5, 5.41) is 15.6. The number of carbonyl (C=O) groups excluding carboxylic acids is 4. The van der Waals surface area contributed by atoms with E-state index in [4.69, 9.17) is 0 Å². The van der Waals surface area contributed by atoms with Crippen molar-refractivity contribution in [1.82, 2.24) is 19.2 Å². The number of amides is 4. The highest BCUT2D eigenvalue weighted by Gasteiger charge is 2.38. The van der Waals surface area contributed by atoms with Crippen LogP contribution < -0.4 is 30.3 Å². The summed E-state index contributed by atoms with van der Waals surface area (Å²) in [7, 11) is -2.93. The molecule has 1 unspecified atom stereocenters. The van der Waals surface area contributed by atoms with E-state index < -0.39 is 69.3 Å². The summed E-state index contributed by atoms with van der Waals surface area (Å²) < 4.78 is 60.4. The van der Waals surface area contributed by atoms with E-state index in [1.165, 1.54) is 29.8 Å². The molecule has 3 aliphatic rings. The fourth-order valence-electron chi connectivity index (χ4n) is 7.04. The first-order valence-corrected chi connectivity index (χ1v) is 17.2. The lowest BCUT2D eigenvalue weighted by molar-refractivity contribution is -0.135. The highest BCUT2D eigenvalue weighted by atomic mass is 32.2. The van der Waals surface area contributed by atoms with Crippen molar-refractivity contribution in [2.45, 2.75) is 38.1 Å². The van der Waals surface area contributed by atoms with Crippen molar-refractivity contribution >= 4 is 72.7 Å². The van der Waals surface area contributed by atoms with Gasteiger partial charge in [-0.05, 0) is 67.0 Å². The van der Waals surface area contributed by atoms with Crippen LogP contribution in [-0.4, -0.2) is 65.9 Å². The molecule has 0 saturated carbocycles. The fourth-order valence-corrected chi connectivity index (χ4v) is 8.21. The molecule has 15 nitrogen and oxygen atoms in total. The third kappa shape index (κ3) is 5.58. The summed E-state index contributed by atoms with van der Waals surface area (Å²) in [5.41, 5.74) is -0.319. The molecule has 262 valence electrons. The number of aromatic hydroxyl groups is 1. The topological polar surface area (TPSA) is 192 Å². The molecular formula is C32H31F2N7O8S. The zero-order chi connectivity index (χ0) is 35.6. The van der Waals surface area contributed by atoms with E-state index in [0.717, 1.165) is 10.6 Å². The molecule has 0 aliphatic carbocycles. The van der Waals surface area contributed by atoms with Crippen molar-refractivity contribution in [3.8, 4) is 5.75 Å². The molecule has 7 rings (SSSR count). The van der Waals surface area contributed by atoms with Crippen molar-refractivity contribution in [3.63, 3.8) is 0 Å². The van der Waals surface area contributed by atoms with Gasteiger partial charge in [0, 0.05) is 44.1 Å². The molecule has 3 fully saturated rings. The predicted molar refractivity (Wildman–Crippen MR) is 177 cm³/mol. The van der Waals surface area contributed by atoms with E-state index in [0.29, 0.717) is 35.9 Å². The molecule has 50 heavy (non-hydrogen) atoms. The number of anilines is 3. The molecule has 0 spiro atoms. The molecule has 0 bridgehead atoms. The maximum absolute atomic E-state index is 16.0. The van der Waals surface area contributed by atoms with Gasteiger partial charge in [-0.25, -0.2) is 22.6 Å². The molecule has 4 heterocycles. The Balaban J connectivity index is 1.01. The Morgan fingerprint density at radius 1 is 1.00 bits per heavy atom. The maximum Gasteiger partial charge on any atom is 0.329 e. The second-order valence-electron chi connectivity index (χ2n) is 12.7. The van der Waals surface area contributed by atoms with Crippen molar-refractivity contribution in [3.05, 3.63) is 58.5 Å². The van der Waals surface area contributed by atoms with E-state index in [-0.39, 0.29) is 58.6 Å². The number of nitrogens with zero attached hydrogens (tertiary/aromatic N) is 4. The summed E-state index contributed by atoms with van der Waals surface area (Å²) >= 11 is 0. The molecule has 1 aromatic heterocycles. The quantitative estimate of drug-likeness (QED) is 0.216. The maximum atomic E-state index is 16.0. The molecule has 3 saturated heterocycles. The van der Waals surface area contributed by atoms with Crippen LogP contribution in [0.1, 0.15) is 38.1 Å². The number of aromatic nitrogens is 2. The smallest absolute Gasteiger partial charge is 0.329 e. The Labute approximate surface area is 282 Å². The summed E-state index contributed by atoms with van der Waals surface area (Å²) in [6.45, 7) is 0.191. The Kier molecular flexibility index (Phi) is 7.99. The predicted octanol–water partition coefficient (Wildman–Crippen LogP) is 1.88. The van der Waals surface area contributed by atoms with Crippen LogP contribution in [-0.2, 0) is 36.4 Å². The number of nitrogens with one attached hydrogen (secondary N) is 3. The molecule has 4 N–H and O–H groups in total. The molecule has 4 aromatic rings. The first kappa shape index (κ1) is 33.0. The normalized spacial score (nSPS) is 19.7.